The van der Waals surface area contributed by atoms with Gasteiger partial charge in [-0.15, -0.1) is 0 Å². The number of para-hydroxylation sites is 2. The molecule has 0 saturated heterocycles. The topological polar surface area (TPSA) is 68.1 Å². The Kier molecular flexibility index (Phi) is 3.23. The quantitative estimate of drug-likeness (QED) is 0.663. The third kappa shape index (κ3) is 2.45. The number of nitro groups is 1. The maximum Gasteiger partial charge on any atom is 0.292 e. The SMILES string of the molecule is Cc1ccc(Nc2ccccc2[N+](=O)[O-])c(C)n1. The van der Waals surface area contributed by atoms with E-state index in [1.165, 1.54) is 6.07 Å². The molecule has 0 aliphatic carbocycles. The van der Waals surface area contributed by atoms with Crippen molar-refractivity contribution in [2.24, 2.45) is 0 Å². The molecule has 0 amide bonds. The molecule has 2 rings (SSSR count). The first-order valence-corrected chi connectivity index (χ1v) is 5.52. The fourth-order valence-corrected chi connectivity index (χ4v) is 1.70. The van der Waals surface area contributed by atoms with Crippen LogP contribution in [0.5, 0.6) is 0 Å². The Hall–Kier alpha value is -2.43. The Labute approximate surface area is 105 Å². The summed E-state index contributed by atoms with van der Waals surface area (Å²) in [5, 5.41) is 13.9. The van der Waals surface area contributed by atoms with Gasteiger partial charge in [0.1, 0.15) is 5.69 Å². The van der Waals surface area contributed by atoms with E-state index < -0.39 is 4.92 Å². The first kappa shape index (κ1) is 12.0. The highest BCUT2D eigenvalue weighted by molar-refractivity contribution is 5.70. The molecule has 1 aromatic heterocycles. The minimum absolute atomic E-state index is 0.0532. The van der Waals surface area contributed by atoms with Crippen LogP contribution in [0.1, 0.15) is 11.4 Å². The molecule has 5 nitrogen and oxygen atoms in total. The lowest BCUT2D eigenvalue weighted by molar-refractivity contribution is -0.383. The second-order valence-electron chi connectivity index (χ2n) is 3.98. The van der Waals surface area contributed by atoms with E-state index in [0.717, 1.165) is 17.1 Å². The third-order valence-corrected chi connectivity index (χ3v) is 2.60. The van der Waals surface area contributed by atoms with Crippen molar-refractivity contribution in [2.75, 3.05) is 5.32 Å². The van der Waals surface area contributed by atoms with E-state index in [1.807, 2.05) is 26.0 Å². The molecule has 0 atom stereocenters. The van der Waals surface area contributed by atoms with E-state index in [4.69, 9.17) is 0 Å². The number of nitrogens with one attached hydrogen (secondary N) is 1. The molecule has 0 aliphatic rings. The van der Waals surface area contributed by atoms with Crippen LogP contribution in [-0.2, 0) is 0 Å². The summed E-state index contributed by atoms with van der Waals surface area (Å²) >= 11 is 0. The zero-order valence-electron chi connectivity index (χ0n) is 10.2. The highest BCUT2D eigenvalue weighted by atomic mass is 16.6. The van der Waals surface area contributed by atoms with Crippen molar-refractivity contribution in [3.05, 3.63) is 57.9 Å². The maximum atomic E-state index is 10.9. The van der Waals surface area contributed by atoms with Gasteiger partial charge in [0, 0.05) is 11.8 Å². The first-order valence-electron chi connectivity index (χ1n) is 5.52. The zero-order valence-corrected chi connectivity index (χ0v) is 10.2. The molecule has 92 valence electrons. The predicted molar refractivity (Wildman–Crippen MR) is 70.1 cm³/mol. The van der Waals surface area contributed by atoms with E-state index in [2.05, 4.69) is 10.3 Å². The number of anilines is 2. The Balaban J connectivity index is 2.37. The lowest BCUT2D eigenvalue weighted by Crippen LogP contribution is -1.99. The second-order valence-corrected chi connectivity index (χ2v) is 3.98. The van der Waals surface area contributed by atoms with Gasteiger partial charge in [0.2, 0.25) is 0 Å². The third-order valence-electron chi connectivity index (χ3n) is 2.60. The zero-order chi connectivity index (χ0) is 13.1. The van der Waals surface area contributed by atoms with Crippen LogP contribution in [0.3, 0.4) is 0 Å². The number of benzene rings is 1. The highest BCUT2D eigenvalue weighted by Gasteiger charge is 2.13. The summed E-state index contributed by atoms with van der Waals surface area (Å²) in [6, 6.07) is 10.3. The van der Waals surface area contributed by atoms with Gasteiger partial charge in [-0.25, -0.2) is 0 Å². The van der Waals surface area contributed by atoms with Crippen molar-refractivity contribution < 1.29 is 4.92 Å². The number of nitrogens with zero attached hydrogens (tertiary/aromatic N) is 2. The van der Waals surface area contributed by atoms with Crippen molar-refractivity contribution in [3.8, 4) is 0 Å². The van der Waals surface area contributed by atoms with Gasteiger partial charge in [-0.2, -0.15) is 0 Å². The fourth-order valence-electron chi connectivity index (χ4n) is 1.70. The largest absolute Gasteiger partial charge is 0.348 e. The van der Waals surface area contributed by atoms with Crippen LogP contribution in [-0.4, -0.2) is 9.91 Å². The van der Waals surface area contributed by atoms with Gasteiger partial charge < -0.3 is 5.32 Å². The number of hydrogen-bond acceptors (Lipinski definition) is 4. The number of hydrogen-bond donors (Lipinski definition) is 1. The molecule has 18 heavy (non-hydrogen) atoms. The smallest absolute Gasteiger partial charge is 0.292 e. The molecule has 1 N–H and O–H groups in total. The number of nitro benzene ring substituents is 1. The molecule has 0 bridgehead atoms. The van der Waals surface area contributed by atoms with Crippen molar-refractivity contribution in [2.45, 2.75) is 13.8 Å². The molecule has 1 aromatic carbocycles. The molecule has 0 spiro atoms. The Morgan fingerprint density at radius 2 is 1.83 bits per heavy atom. The lowest BCUT2D eigenvalue weighted by Gasteiger charge is -2.09. The van der Waals surface area contributed by atoms with Gasteiger partial charge >= 0.3 is 0 Å². The Morgan fingerprint density at radius 1 is 1.11 bits per heavy atom. The van der Waals surface area contributed by atoms with Crippen LogP contribution in [0.15, 0.2) is 36.4 Å². The van der Waals surface area contributed by atoms with Crippen molar-refractivity contribution in [3.63, 3.8) is 0 Å². The molecule has 5 heteroatoms. The van der Waals surface area contributed by atoms with Gasteiger partial charge in [0.05, 0.1) is 16.3 Å². The molecular weight excluding hydrogens is 230 g/mol. The van der Waals surface area contributed by atoms with Gasteiger partial charge in [-0.1, -0.05) is 12.1 Å². The van der Waals surface area contributed by atoms with Gasteiger partial charge in [-0.05, 0) is 32.0 Å². The van der Waals surface area contributed by atoms with Crippen LogP contribution in [0, 0.1) is 24.0 Å². The van der Waals surface area contributed by atoms with Crippen molar-refractivity contribution >= 4 is 17.1 Å². The van der Waals surface area contributed by atoms with Gasteiger partial charge in [-0.3, -0.25) is 15.1 Å². The van der Waals surface area contributed by atoms with Crippen LogP contribution < -0.4 is 5.32 Å². The summed E-state index contributed by atoms with van der Waals surface area (Å²) in [6.45, 7) is 3.77. The normalized spacial score (nSPS) is 10.1. The Morgan fingerprint density at radius 3 is 2.50 bits per heavy atom. The second kappa shape index (κ2) is 4.83. The van der Waals surface area contributed by atoms with E-state index in [-0.39, 0.29) is 5.69 Å². The minimum Gasteiger partial charge on any atom is -0.348 e. The maximum absolute atomic E-state index is 10.9. The van der Waals surface area contributed by atoms with Gasteiger partial charge in [0.25, 0.3) is 5.69 Å². The highest BCUT2D eigenvalue weighted by Crippen LogP contribution is 2.27. The Bertz CT molecular complexity index is 597. The molecule has 0 aliphatic heterocycles. The lowest BCUT2D eigenvalue weighted by atomic mass is 10.2. The minimum atomic E-state index is -0.403. The summed E-state index contributed by atoms with van der Waals surface area (Å²) in [6.07, 6.45) is 0. The summed E-state index contributed by atoms with van der Waals surface area (Å²) in [7, 11) is 0. The average Bonchev–Trinajstić information content (AvgIpc) is 2.33. The van der Waals surface area contributed by atoms with E-state index in [9.17, 15) is 10.1 Å². The van der Waals surface area contributed by atoms with E-state index >= 15 is 0 Å². The van der Waals surface area contributed by atoms with Crippen LogP contribution >= 0.6 is 0 Å². The molecule has 0 radical (unpaired) electrons. The number of aromatic nitrogens is 1. The monoisotopic (exact) mass is 243 g/mol. The molecule has 0 fully saturated rings. The summed E-state index contributed by atoms with van der Waals surface area (Å²) < 4.78 is 0. The number of aryl methyl sites for hydroxylation is 2. The van der Waals surface area contributed by atoms with Crippen molar-refractivity contribution in [1.29, 1.82) is 0 Å². The number of rotatable bonds is 3. The summed E-state index contributed by atoms with van der Waals surface area (Å²) in [4.78, 5) is 14.8. The number of pyridine rings is 1. The molecule has 0 unspecified atom stereocenters. The standard InChI is InChI=1S/C13H13N3O2/c1-9-7-8-11(10(2)14-9)15-12-5-3-4-6-13(12)16(17)18/h3-8,15H,1-2H3. The molecule has 2 aromatic rings. The van der Waals surface area contributed by atoms with Gasteiger partial charge in [0.15, 0.2) is 0 Å². The van der Waals surface area contributed by atoms with Crippen LogP contribution in [0.25, 0.3) is 0 Å². The van der Waals surface area contributed by atoms with Crippen molar-refractivity contribution in [1.82, 2.24) is 4.98 Å². The first-order chi connectivity index (χ1) is 8.58. The predicted octanol–water partition coefficient (Wildman–Crippen LogP) is 3.35. The van der Waals surface area contributed by atoms with E-state index in [1.54, 1.807) is 18.2 Å². The average molecular weight is 243 g/mol. The summed E-state index contributed by atoms with van der Waals surface area (Å²) in [5.74, 6) is 0. The molecule has 0 saturated carbocycles. The van der Waals surface area contributed by atoms with Crippen LogP contribution in [0.4, 0.5) is 17.1 Å². The summed E-state index contributed by atoms with van der Waals surface area (Å²) in [5.41, 5.74) is 3.03. The fraction of sp³-hybridized carbons (Fsp3) is 0.154. The van der Waals surface area contributed by atoms with E-state index in [0.29, 0.717) is 5.69 Å². The molecule has 1 heterocycles. The van der Waals surface area contributed by atoms with Crippen LogP contribution in [0.2, 0.25) is 0 Å². The molecular formula is C13H13N3O2.